The molecule has 3 N–H and O–H groups in total. The van der Waals surface area contributed by atoms with Crippen LogP contribution in [0.2, 0.25) is 0 Å². The molecule has 0 spiro atoms. The normalized spacial score (nSPS) is 17.7. The fourth-order valence-corrected chi connectivity index (χ4v) is 2.03. The molecule has 1 fully saturated rings. The third-order valence-corrected chi connectivity index (χ3v) is 3.58. The molecule has 1 aromatic rings. The minimum absolute atomic E-state index is 0.0807. The molecule has 0 radical (unpaired) electrons. The number of ether oxygens (including phenoxy) is 2. The third-order valence-electron chi connectivity index (χ3n) is 3.58. The Bertz CT molecular complexity index is 491. The summed E-state index contributed by atoms with van der Waals surface area (Å²) in [5.74, 6) is -0.0807. The van der Waals surface area contributed by atoms with Crippen molar-refractivity contribution in [2.24, 2.45) is 11.1 Å². The molecule has 1 aliphatic heterocycles. The zero-order valence-electron chi connectivity index (χ0n) is 12.9. The molecule has 1 heterocycles. The van der Waals surface area contributed by atoms with Crippen LogP contribution in [-0.4, -0.2) is 25.2 Å². The zero-order valence-corrected chi connectivity index (χ0v) is 12.9. The average molecular weight is 292 g/mol. The summed E-state index contributed by atoms with van der Waals surface area (Å²) >= 11 is 0. The summed E-state index contributed by atoms with van der Waals surface area (Å²) in [5.41, 5.74) is 7.58. The van der Waals surface area contributed by atoms with Crippen molar-refractivity contribution in [1.82, 2.24) is 0 Å². The number of amides is 1. The van der Waals surface area contributed by atoms with Crippen LogP contribution in [0.25, 0.3) is 0 Å². The Labute approximate surface area is 125 Å². The number of hydrogen-bond acceptors (Lipinski definition) is 4. The zero-order chi connectivity index (χ0) is 15.5. The Morgan fingerprint density at radius 1 is 1.38 bits per heavy atom. The quantitative estimate of drug-likeness (QED) is 0.894. The number of rotatable bonds is 4. The van der Waals surface area contributed by atoms with Gasteiger partial charge < -0.3 is 20.5 Å². The maximum Gasteiger partial charge on any atom is 0.225 e. The van der Waals surface area contributed by atoms with Crippen molar-refractivity contribution >= 4 is 11.6 Å². The summed E-state index contributed by atoms with van der Waals surface area (Å²) in [6.45, 7) is 7.28. The van der Waals surface area contributed by atoms with Crippen molar-refractivity contribution in [3.8, 4) is 0 Å². The molecular weight excluding hydrogens is 268 g/mol. The van der Waals surface area contributed by atoms with E-state index < -0.39 is 0 Å². The summed E-state index contributed by atoms with van der Waals surface area (Å²) in [5, 5.41) is 2.88. The molecular formula is C16H24N2O3. The highest BCUT2D eigenvalue weighted by Gasteiger charge is 2.23. The molecule has 5 heteroatoms. The lowest BCUT2D eigenvalue weighted by Gasteiger charge is -2.26. The lowest BCUT2D eigenvalue weighted by molar-refractivity contribution is -0.117. The fraction of sp³-hybridized carbons (Fsp3) is 0.562. The van der Waals surface area contributed by atoms with Gasteiger partial charge in [-0.15, -0.1) is 0 Å². The number of hydrogen-bond donors (Lipinski definition) is 2. The number of anilines is 1. The first-order chi connectivity index (χ1) is 9.86. The number of nitrogens with two attached hydrogens (primary N) is 1. The lowest BCUT2D eigenvalue weighted by atomic mass is 9.85. The van der Waals surface area contributed by atoms with E-state index in [1.165, 1.54) is 0 Å². The second kappa shape index (κ2) is 6.56. The summed E-state index contributed by atoms with van der Waals surface area (Å²) < 4.78 is 10.9. The standard InChI is InChI=1S/C16H24N2O3/c1-16(2,3)13(17)10-14(19)18-12-6-4-5-11(9-12)15-20-7-8-21-15/h4-6,9,13,15H,7-8,10,17H2,1-3H3,(H,18,19). The molecule has 116 valence electrons. The van der Waals surface area contributed by atoms with Crippen molar-refractivity contribution in [3.63, 3.8) is 0 Å². The van der Waals surface area contributed by atoms with Gasteiger partial charge in [0.25, 0.3) is 0 Å². The van der Waals surface area contributed by atoms with E-state index in [1.54, 1.807) is 0 Å². The summed E-state index contributed by atoms with van der Waals surface area (Å²) in [6, 6.07) is 7.34. The SMILES string of the molecule is CC(C)(C)C(N)CC(=O)Nc1cccc(C2OCCO2)c1. The molecule has 1 atom stereocenters. The van der Waals surface area contributed by atoms with Crippen LogP contribution >= 0.6 is 0 Å². The van der Waals surface area contributed by atoms with Crippen molar-refractivity contribution < 1.29 is 14.3 Å². The summed E-state index contributed by atoms with van der Waals surface area (Å²) in [4.78, 5) is 12.0. The molecule has 1 unspecified atom stereocenters. The van der Waals surface area contributed by atoms with Gasteiger partial charge in [0.15, 0.2) is 6.29 Å². The van der Waals surface area contributed by atoms with Gasteiger partial charge in [0, 0.05) is 23.7 Å². The highest BCUT2D eigenvalue weighted by atomic mass is 16.7. The van der Waals surface area contributed by atoms with Crippen LogP contribution in [0.1, 0.15) is 39.0 Å². The smallest absolute Gasteiger partial charge is 0.225 e. The van der Waals surface area contributed by atoms with Gasteiger partial charge in [-0.25, -0.2) is 0 Å². The fourth-order valence-electron chi connectivity index (χ4n) is 2.03. The molecule has 0 aromatic heterocycles. The van der Waals surface area contributed by atoms with Crippen LogP contribution in [0.3, 0.4) is 0 Å². The first kappa shape index (κ1) is 15.9. The Hall–Kier alpha value is -1.43. The van der Waals surface area contributed by atoms with Crippen molar-refractivity contribution in [2.75, 3.05) is 18.5 Å². The lowest BCUT2D eigenvalue weighted by Crippen LogP contribution is -2.38. The van der Waals surface area contributed by atoms with E-state index in [2.05, 4.69) is 5.32 Å². The number of carbonyl (C=O) groups excluding carboxylic acids is 1. The topological polar surface area (TPSA) is 73.6 Å². The molecule has 2 rings (SSSR count). The van der Waals surface area contributed by atoms with Crippen molar-refractivity contribution in [2.45, 2.75) is 39.5 Å². The van der Waals surface area contributed by atoms with Gasteiger partial charge in [-0.05, 0) is 17.5 Å². The molecule has 0 saturated carbocycles. The minimum Gasteiger partial charge on any atom is -0.346 e. The van der Waals surface area contributed by atoms with Gasteiger partial charge in [0.1, 0.15) is 0 Å². The van der Waals surface area contributed by atoms with Gasteiger partial charge >= 0.3 is 0 Å². The highest BCUT2D eigenvalue weighted by Crippen LogP contribution is 2.25. The maximum atomic E-state index is 12.0. The second-order valence-electron chi connectivity index (χ2n) is 6.42. The average Bonchev–Trinajstić information content (AvgIpc) is 2.91. The molecule has 0 aliphatic carbocycles. The Morgan fingerprint density at radius 3 is 2.67 bits per heavy atom. The number of benzene rings is 1. The predicted molar refractivity (Wildman–Crippen MR) is 81.8 cm³/mol. The number of nitrogens with one attached hydrogen (secondary N) is 1. The van der Waals surface area contributed by atoms with E-state index in [9.17, 15) is 4.79 Å². The summed E-state index contributed by atoms with van der Waals surface area (Å²) in [7, 11) is 0. The Morgan fingerprint density at radius 2 is 2.05 bits per heavy atom. The number of carbonyl (C=O) groups is 1. The largest absolute Gasteiger partial charge is 0.346 e. The van der Waals surface area contributed by atoms with Crippen LogP contribution in [0.4, 0.5) is 5.69 Å². The van der Waals surface area contributed by atoms with Crippen molar-refractivity contribution in [3.05, 3.63) is 29.8 Å². The van der Waals surface area contributed by atoms with E-state index in [1.807, 2.05) is 45.0 Å². The molecule has 5 nitrogen and oxygen atoms in total. The molecule has 21 heavy (non-hydrogen) atoms. The molecule has 1 aliphatic rings. The van der Waals surface area contributed by atoms with Gasteiger partial charge in [-0.3, -0.25) is 4.79 Å². The maximum absolute atomic E-state index is 12.0. The van der Waals surface area contributed by atoms with Crippen LogP contribution in [0.5, 0.6) is 0 Å². The molecule has 0 bridgehead atoms. The molecule has 1 aromatic carbocycles. The van der Waals surface area contributed by atoms with Gasteiger partial charge in [0.05, 0.1) is 13.2 Å². The van der Waals surface area contributed by atoms with E-state index in [4.69, 9.17) is 15.2 Å². The molecule has 1 amide bonds. The Kier molecular flexibility index (Phi) is 4.98. The van der Waals surface area contributed by atoms with Crippen LogP contribution in [0, 0.1) is 5.41 Å². The van der Waals surface area contributed by atoms with Crippen LogP contribution in [0.15, 0.2) is 24.3 Å². The van der Waals surface area contributed by atoms with E-state index >= 15 is 0 Å². The van der Waals surface area contributed by atoms with E-state index in [0.29, 0.717) is 19.6 Å². The van der Waals surface area contributed by atoms with Crippen LogP contribution in [-0.2, 0) is 14.3 Å². The van der Waals surface area contributed by atoms with Crippen LogP contribution < -0.4 is 11.1 Å². The predicted octanol–water partition coefficient (Wildman–Crippen LogP) is 2.43. The van der Waals surface area contributed by atoms with Crippen molar-refractivity contribution in [1.29, 1.82) is 0 Å². The van der Waals surface area contributed by atoms with E-state index in [-0.39, 0.29) is 23.7 Å². The minimum atomic E-state index is -0.335. The third kappa shape index (κ3) is 4.52. The van der Waals surface area contributed by atoms with E-state index in [0.717, 1.165) is 11.3 Å². The van der Waals surface area contributed by atoms with Gasteiger partial charge in [-0.2, -0.15) is 0 Å². The first-order valence-corrected chi connectivity index (χ1v) is 7.25. The van der Waals surface area contributed by atoms with Gasteiger partial charge in [0.2, 0.25) is 5.91 Å². The first-order valence-electron chi connectivity index (χ1n) is 7.25. The second-order valence-corrected chi connectivity index (χ2v) is 6.42. The highest BCUT2D eigenvalue weighted by molar-refractivity contribution is 5.91. The van der Waals surface area contributed by atoms with Gasteiger partial charge in [-0.1, -0.05) is 32.9 Å². The monoisotopic (exact) mass is 292 g/mol. The molecule has 1 saturated heterocycles. The Balaban J connectivity index is 1.96. The summed E-state index contributed by atoms with van der Waals surface area (Å²) in [6.07, 6.45) is -0.0388.